The first kappa shape index (κ1) is 71.4. The maximum atomic E-state index is 15.6. The van der Waals surface area contributed by atoms with Crippen LogP contribution in [0.2, 0.25) is 0 Å². The number of benzene rings is 3. The number of esters is 1. The zero-order chi connectivity index (χ0) is 70.9. The van der Waals surface area contributed by atoms with Crippen LogP contribution in [0.25, 0.3) is 22.3 Å². The summed E-state index contributed by atoms with van der Waals surface area (Å²) < 4.78 is 28.7. The van der Waals surface area contributed by atoms with Crippen LogP contribution in [0.5, 0.6) is 0 Å². The van der Waals surface area contributed by atoms with E-state index in [2.05, 4.69) is 38.4 Å². The predicted molar refractivity (Wildman–Crippen MR) is 369 cm³/mol. The quantitative estimate of drug-likeness (QED) is 0.0173. The molecular weight excluding hydrogens is 1260 g/mol. The molecule has 1 spiro atoms. The molecule has 6 heterocycles. The summed E-state index contributed by atoms with van der Waals surface area (Å²) in [6.07, 6.45) is 5.90. The third-order valence-corrected chi connectivity index (χ3v) is 21.3. The number of rotatable bonds is 25. The number of cyclic esters (lactones) is 1. The fraction of sp³-hybridized carbons (Fsp3) is 0.526. The summed E-state index contributed by atoms with van der Waals surface area (Å²) in [7, 11) is 0. The van der Waals surface area contributed by atoms with Crippen LogP contribution in [0.4, 0.5) is 10.1 Å². The van der Waals surface area contributed by atoms with Crippen LogP contribution < -0.4 is 42.8 Å². The summed E-state index contributed by atoms with van der Waals surface area (Å²) in [5.41, 5.74) is 8.82. The normalized spacial score (nSPS) is 18.7. The number of hydrogen-bond acceptors (Lipinski definition) is 14. The number of ether oxygens (including phenoxy) is 2. The highest BCUT2D eigenvalue weighted by Crippen LogP contribution is 2.49. The smallest absolute Gasteiger partial charge is 0.343 e. The van der Waals surface area contributed by atoms with E-state index < -0.39 is 82.3 Å². The summed E-state index contributed by atoms with van der Waals surface area (Å²) in [5, 5.41) is 26.6. The Kier molecular flexibility index (Phi) is 21.0. The first-order chi connectivity index (χ1) is 47.1. The molecule has 1 saturated heterocycles. The summed E-state index contributed by atoms with van der Waals surface area (Å²) in [5.74, 6) is 2.34. The highest BCUT2D eigenvalue weighted by Gasteiger charge is 2.51. The van der Waals surface area contributed by atoms with Gasteiger partial charge in [0.05, 0.1) is 59.4 Å². The molecule has 0 bridgehead atoms. The maximum absolute atomic E-state index is 15.6. The zero-order valence-electron chi connectivity index (χ0n) is 58.1. The molecule has 4 unspecified atom stereocenters. The molecule has 2 aromatic heterocycles. The minimum absolute atomic E-state index is 0.0187. The molecule has 526 valence electrons. The molecule has 4 aliphatic heterocycles. The number of para-hydroxylation sites is 1. The molecule has 1 saturated carbocycles. The minimum Gasteiger partial charge on any atom is -0.458 e. The standard InChI is InChI=1S/C76H93FN10O12/c1-9-76(97)53-36-59-66-51(40-87(59)70(94)52(53)41-98-72(76)96)64-55(24-23-50-45(4)54(77)37-57(82-66)63(50)64)81-61(89)38-80-68(92)56(19-14-15-33-78)83-69(93)65(44(2)3)84-60(88)27-29-74(7,8)99-35-32-73(5,6)71(95)85-42-75(43-85)30-25-48(26-31-75)67(91)79-34-28-62(90)86-39-49-18-11-10-16-46(49)21-22-47-17-12-13-20-58(47)86/h10-13,16-18,20,36-37,44,48,55-56,65,97H,9,14-15,19,23-35,38-43,78H2,1-8H3,(H,79,91)(H,80,92)(H,81,89)(H,83,93)(H,84,88). The fourth-order valence-electron chi connectivity index (χ4n) is 15.1. The first-order valence-corrected chi connectivity index (χ1v) is 35.0. The lowest BCUT2D eigenvalue weighted by Gasteiger charge is -2.54. The largest absolute Gasteiger partial charge is 0.458 e. The van der Waals surface area contributed by atoms with Crippen LogP contribution >= 0.6 is 0 Å². The topological polar surface area (TPSA) is 303 Å². The van der Waals surface area contributed by atoms with Crippen molar-refractivity contribution in [2.75, 3.05) is 44.2 Å². The molecule has 3 aromatic carbocycles. The second-order valence-electron chi connectivity index (χ2n) is 29.4. The van der Waals surface area contributed by atoms with Crippen LogP contribution in [0.3, 0.4) is 0 Å². The van der Waals surface area contributed by atoms with E-state index in [0.29, 0.717) is 117 Å². The van der Waals surface area contributed by atoms with Gasteiger partial charge in [-0.1, -0.05) is 76.8 Å². The summed E-state index contributed by atoms with van der Waals surface area (Å²) in [6, 6.07) is 15.6. The molecule has 7 amide bonds. The number of nitrogens with two attached hydrogens (primary N) is 1. The van der Waals surface area contributed by atoms with Crippen LogP contribution in [-0.4, -0.2) is 124 Å². The average molecular weight is 1360 g/mol. The number of likely N-dealkylation sites (tertiary alicyclic amines) is 1. The molecule has 22 nitrogen and oxygen atoms in total. The number of aryl methyl sites for hydroxylation is 1. The van der Waals surface area contributed by atoms with Gasteiger partial charge < -0.3 is 61.3 Å². The Bertz CT molecular complexity index is 4170. The maximum Gasteiger partial charge on any atom is 0.343 e. The summed E-state index contributed by atoms with van der Waals surface area (Å²) >= 11 is 0. The first-order valence-electron chi connectivity index (χ1n) is 35.0. The van der Waals surface area contributed by atoms with Crippen molar-refractivity contribution < 1.29 is 57.3 Å². The number of halogens is 1. The van der Waals surface area contributed by atoms with Gasteiger partial charge in [0.2, 0.25) is 41.4 Å². The van der Waals surface area contributed by atoms with Crippen molar-refractivity contribution in [1.82, 2.24) is 41.0 Å². The summed E-state index contributed by atoms with van der Waals surface area (Å²) in [4.78, 5) is 133. The number of carbonyl (C=O) groups excluding carboxylic acids is 8. The van der Waals surface area contributed by atoms with Gasteiger partial charge >= 0.3 is 5.97 Å². The van der Waals surface area contributed by atoms with Gasteiger partial charge in [-0.15, -0.1) is 0 Å². The van der Waals surface area contributed by atoms with E-state index >= 15 is 4.39 Å². The van der Waals surface area contributed by atoms with Crippen LogP contribution in [0.15, 0.2) is 65.5 Å². The molecule has 2 fully saturated rings. The monoisotopic (exact) mass is 1360 g/mol. The number of amides is 7. The van der Waals surface area contributed by atoms with Gasteiger partial charge in [0.15, 0.2) is 5.60 Å². The van der Waals surface area contributed by atoms with Crippen LogP contribution in [-0.2, 0) is 79.5 Å². The van der Waals surface area contributed by atoms with Gasteiger partial charge in [-0.3, -0.25) is 38.4 Å². The highest BCUT2D eigenvalue weighted by molar-refractivity contribution is 5.97. The molecule has 8 N–H and O–H groups in total. The van der Waals surface area contributed by atoms with E-state index in [-0.39, 0.29) is 98.1 Å². The van der Waals surface area contributed by atoms with E-state index in [1.54, 1.807) is 38.7 Å². The second kappa shape index (κ2) is 29.2. The number of carbonyl (C=O) groups is 8. The Hall–Kier alpha value is -8.85. The van der Waals surface area contributed by atoms with Crippen LogP contribution in [0.1, 0.15) is 188 Å². The molecule has 23 heteroatoms. The van der Waals surface area contributed by atoms with Gasteiger partial charge in [-0.05, 0) is 157 Å². The Morgan fingerprint density at radius 3 is 2.30 bits per heavy atom. The van der Waals surface area contributed by atoms with Crippen molar-refractivity contribution in [3.8, 4) is 23.2 Å². The van der Waals surface area contributed by atoms with Gasteiger partial charge in [0.25, 0.3) is 5.56 Å². The van der Waals surface area contributed by atoms with Crippen LogP contribution in [0, 0.1) is 47.2 Å². The molecule has 0 radical (unpaired) electrons. The van der Waals surface area contributed by atoms with Gasteiger partial charge in [-0.25, -0.2) is 14.2 Å². The number of fused-ring (bicyclic) bond motifs is 7. The van der Waals surface area contributed by atoms with Crippen molar-refractivity contribution in [2.24, 2.45) is 28.4 Å². The van der Waals surface area contributed by atoms with E-state index in [1.165, 1.54) is 10.6 Å². The lowest BCUT2D eigenvalue weighted by molar-refractivity contribution is -0.172. The summed E-state index contributed by atoms with van der Waals surface area (Å²) in [6.45, 7) is 16.2. The predicted octanol–water partition coefficient (Wildman–Crippen LogP) is 6.96. The van der Waals surface area contributed by atoms with E-state index in [0.717, 1.165) is 40.8 Å². The Balaban J connectivity index is 0.623. The molecule has 5 aromatic rings. The van der Waals surface area contributed by atoms with Crippen molar-refractivity contribution >= 4 is 63.9 Å². The van der Waals surface area contributed by atoms with Crippen molar-refractivity contribution in [2.45, 2.75) is 194 Å². The second-order valence-corrected chi connectivity index (χ2v) is 29.4. The highest BCUT2D eigenvalue weighted by atomic mass is 19.1. The fourth-order valence-corrected chi connectivity index (χ4v) is 15.1. The third-order valence-electron chi connectivity index (χ3n) is 21.3. The number of nitrogens with one attached hydrogen (secondary N) is 5. The molecule has 99 heavy (non-hydrogen) atoms. The van der Waals surface area contributed by atoms with Gasteiger partial charge in [0, 0.05) is 89.5 Å². The number of aliphatic hydroxyl groups is 1. The number of anilines is 1. The number of hydrogen-bond donors (Lipinski definition) is 7. The zero-order valence-corrected chi connectivity index (χ0v) is 58.1. The third kappa shape index (κ3) is 14.9. The van der Waals surface area contributed by atoms with E-state index in [1.807, 2.05) is 81.1 Å². The minimum atomic E-state index is -2.06. The molecular formula is C76H93FN10O12. The van der Waals surface area contributed by atoms with E-state index in [9.17, 15) is 48.3 Å². The van der Waals surface area contributed by atoms with Gasteiger partial charge in [0.1, 0.15) is 24.5 Å². The molecule has 6 aliphatic rings. The Morgan fingerprint density at radius 2 is 1.58 bits per heavy atom. The van der Waals surface area contributed by atoms with Gasteiger partial charge in [-0.2, -0.15) is 0 Å². The lowest BCUT2D eigenvalue weighted by Crippen LogP contribution is -2.62. The number of pyridine rings is 2. The Morgan fingerprint density at radius 1 is 0.859 bits per heavy atom. The van der Waals surface area contributed by atoms with Crippen molar-refractivity contribution in [3.63, 3.8) is 0 Å². The lowest BCUT2D eigenvalue weighted by atomic mass is 9.65. The number of aromatic nitrogens is 2. The molecule has 2 aliphatic carbocycles. The van der Waals surface area contributed by atoms with Crippen molar-refractivity contribution in [1.29, 1.82) is 0 Å². The number of unbranched alkanes of at least 4 members (excludes halogenated alkanes) is 1. The Labute approximate surface area is 576 Å². The average Bonchev–Trinajstić information content (AvgIpc) is 1.60. The molecule has 11 rings (SSSR count). The van der Waals surface area contributed by atoms with E-state index in [4.69, 9.17) is 20.2 Å². The SMILES string of the molecule is CCC1(O)C(=O)OCc2c1cc1n(c2=O)Cc2c-1nc1cc(F)c(C)c3c1c2C(NC(=O)CNC(=O)C(CCCCN)NC(=O)C(NC(=O)CCC(C)(C)OCCC(C)(C)C(=O)N1CC2(CCC(C(=O)NCCC(=O)N4Cc5ccccc5C#Cc5ccccc54)CC2)C1)C(C)C)CC3. The molecule has 4 atom stereocenters. The van der Waals surface area contributed by atoms with Crippen molar-refractivity contribution in [3.05, 3.63) is 127 Å². The number of nitrogens with zero attached hydrogens (tertiary/aromatic N) is 4.